The highest BCUT2D eigenvalue weighted by atomic mass is 16.3. The van der Waals surface area contributed by atoms with E-state index in [1.165, 1.54) is 28.3 Å². The number of aromatic amines is 1. The second kappa shape index (κ2) is 11.7. The predicted molar refractivity (Wildman–Crippen MR) is 162 cm³/mol. The number of hydrogen-bond acceptors (Lipinski definition) is 4. The fourth-order valence-corrected chi connectivity index (χ4v) is 5.06. The van der Waals surface area contributed by atoms with Crippen molar-refractivity contribution >= 4 is 22.3 Å². The Morgan fingerprint density at radius 1 is 0.846 bits per heavy atom. The van der Waals surface area contributed by atoms with Crippen LogP contribution in [-0.4, -0.2) is 35.1 Å². The molecule has 4 aromatic carbocycles. The lowest BCUT2D eigenvalue weighted by molar-refractivity contribution is 0.128. The average Bonchev–Trinajstić information content (AvgIpc) is 2.94. The minimum absolute atomic E-state index is 0.133. The summed E-state index contributed by atoms with van der Waals surface area (Å²) in [5.74, 6) is 0. The Morgan fingerprint density at radius 3 is 2.33 bits per heavy atom. The van der Waals surface area contributed by atoms with Crippen molar-refractivity contribution in [3.8, 4) is 11.1 Å². The monoisotopic (exact) mass is 517 g/mol. The topological polar surface area (TPSA) is 68.4 Å². The van der Waals surface area contributed by atoms with Crippen LogP contribution in [0, 0.1) is 13.8 Å². The Morgan fingerprint density at radius 2 is 1.56 bits per heavy atom. The number of aliphatic hydroxyl groups is 1. The van der Waals surface area contributed by atoms with Gasteiger partial charge in [0.15, 0.2) is 0 Å². The van der Waals surface area contributed by atoms with Gasteiger partial charge in [0, 0.05) is 35.9 Å². The van der Waals surface area contributed by atoms with Crippen LogP contribution in [0.5, 0.6) is 0 Å². The number of anilines is 2. The van der Waals surface area contributed by atoms with Crippen molar-refractivity contribution in [1.29, 1.82) is 0 Å². The van der Waals surface area contributed by atoms with E-state index in [1.807, 2.05) is 32.2 Å². The van der Waals surface area contributed by atoms with Crippen LogP contribution in [-0.2, 0) is 6.42 Å². The van der Waals surface area contributed by atoms with E-state index in [9.17, 15) is 9.90 Å². The first kappa shape index (κ1) is 26.4. The predicted octanol–water partition coefficient (Wildman–Crippen LogP) is 6.76. The van der Waals surface area contributed by atoms with E-state index < -0.39 is 6.10 Å². The van der Waals surface area contributed by atoms with Gasteiger partial charge in [-0.3, -0.25) is 4.79 Å². The lowest BCUT2D eigenvalue weighted by Crippen LogP contribution is -2.27. The summed E-state index contributed by atoms with van der Waals surface area (Å²) in [6, 6.07) is 32.7. The molecule has 0 unspecified atom stereocenters. The Balaban J connectivity index is 1.18. The lowest BCUT2D eigenvalue weighted by Gasteiger charge is -2.22. The molecule has 1 aromatic heterocycles. The molecular weight excluding hydrogens is 482 g/mol. The zero-order valence-electron chi connectivity index (χ0n) is 22.7. The Hall–Kier alpha value is -4.19. The summed E-state index contributed by atoms with van der Waals surface area (Å²) < 4.78 is 0. The third kappa shape index (κ3) is 6.28. The number of benzene rings is 4. The van der Waals surface area contributed by atoms with Crippen molar-refractivity contribution in [3.05, 3.63) is 130 Å². The van der Waals surface area contributed by atoms with Crippen LogP contribution in [0.1, 0.15) is 28.4 Å². The fraction of sp³-hybridized carbons (Fsp3) is 0.206. The molecule has 0 bridgehead atoms. The SMILES string of the molecule is Cc1ccc(Nc2ccc(CCN(C)C[C@H](O)c3ccc(C)c4[nH]c(=O)ccc34)cc2)cc1-c1ccccc1. The van der Waals surface area contributed by atoms with E-state index in [4.69, 9.17) is 0 Å². The van der Waals surface area contributed by atoms with Crippen LogP contribution in [0.15, 0.2) is 102 Å². The number of pyridine rings is 1. The maximum absolute atomic E-state index is 11.8. The zero-order valence-corrected chi connectivity index (χ0v) is 22.7. The second-order valence-corrected chi connectivity index (χ2v) is 10.3. The summed E-state index contributed by atoms with van der Waals surface area (Å²) in [5.41, 5.74) is 9.54. The van der Waals surface area contributed by atoms with Crippen LogP contribution in [0.4, 0.5) is 11.4 Å². The minimum atomic E-state index is -0.647. The van der Waals surface area contributed by atoms with Crippen LogP contribution >= 0.6 is 0 Å². The molecule has 0 amide bonds. The molecule has 3 N–H and O–H groups in total. The number of nitrogens with zero attached hydrogens (tertiary/aromatic N) is 1. The van der Waals surface area contributed by atoms with Gasteiger partial charge in [0.2, 0.25) is 5.56 Å². The van der Waals surface area contributed by atoms with Gasteiger partial charge < -0.3 is 20.3 Å². The highest BCUT2D eigenvalue weighted by Gasteiger charge is 2.15. The molecule has 5 aromatic rings. The van der Waals surface area contributed by atoms with Crippen LogP contribution in [0.2, 0.25) is 0 Å². The van der Waals surface area contributed by atoms with Crippen molar-refractivity contribution < 1.29 is 5.11 Å². The van der Waals surface area contributed by atoms with Gasteiger partial charge in [0.05, 0.1) is 11.6 Å². The minimum Gasteiger partial charge on any atom is -0.387 e. The Kier molecular flexibility index (Phi) is 7.92. The highest BCUT2D eigenvalue weighted by molar-refractivity contribution is 5.85. The maximum atomic E-state index is 11.8. The number of aryl methyl sites for hydroxylation is 2. The molecule has 5 rings (SSSR count). The third-order valence-corrected chi connectivity index (χ3v) is 7.33. The van der Waals surface area contributed by atoms with Crippen molar-refractivity contribution in [2.24, 2.45) is 0 Å². The van der Waals surface area contributed by atoms with E-state index in [1.54, 1.807) is 6.07 Å². The number of fused-ring (bicyclic) bond motifs is 1. The summed E-state index contributed by atoms with van der Waals surface area (Å²) in [6.07, 6.45) is 0.236. The summed E-state index contributed by atoms with van der Waals surface area (Å²) in [6.45, 7) is 5.43. The number of aromatic nitrogens is 1. The van der Waals surface area contributed by atoms with Gasteiger partial charge in [-0.15, -0.1) is 0 Å². The molecule has 0 saturated heterocycles. The maximum Gasteiger partial charge on any atom is 0.248 e. The molecule has 1 atom stereocenters. The molecule has 0 fully saturated rings. The van der Waals surface area contributed by atoms with E-state index in [0.29, 0.717) is 6.54 Å². The van der Waals surface area contributed by atoms with Crippen LogP contribution in [0.25, 0.3) is 22.0 Å². The summed E-state index contributed by atoms with van der Waals surface area (Å²) >= 11 is 0. The van der Waals surface area contributed by atoms with Gasteiger partial charge >= 0.3 is 0 Å². The number of nitrogens with one attached hydrogen (secondary N) is 2. The number of H-pyrrole nitrogens is 1. The quantitative estimate of drug-likeness (QED) is 0.202. The van der Waals surface area contributed by atoms with E-state index in [-0.39, 0.29) is 5.56 Å². The molecule has 1 heterocycles. The Bertz CT molecular complexity index is 1630. The van der Waals surface area contributed by atoms with Crippen LogP contribution in [0.3, 0.4) is 0 Å². The third-order valence-electron chi connectivity index (χ3n) is 7.33. The smallest absolute Gasteiger partial charge is 0.248 e. The van der Waals surface area contributed by atoms with Gasteiger partial charge in [-0.05, 0) is 91.0 Å². The molecule has 0 aliphatic carbocycles. The summed E-state index contributed by atoms with van der Waals surface area (Å²) in [7, 11) is 2.03. The van der Waals surface area contributed by atoms with E-state index in [2.05, 4.69) is 88.9 Å². The van der Waals surface area contributed by atoms with Crippen LogP contribution < -0.4 is 10.9 Å². The first-order valence-electron chi connectivity index (χ1n) is 13.4. The van der Waals surface area contributed by atoms with Gasteiger partial charge in [-0.1, -0.05) is 60.7 Å². The lowest BCUT2D eigenvalue weighted by atomic mass is 10.00. The molecule has 39 heavy (non-hydrogen) atoms. The molecule has 0 radical (unpaired) electrons. The highest BCUT2D eigenvalue weighted by Crippen LogP contribution is 2.28. The van der Waals surface area contributed by atoms with Crippen molar-refractivity contribution in [3.63, 3.8) is 0 Å². The molecule has 198 valence electrons. The van der Waals surface area contributed by atoms with Gasteiger partial charge in [-0.2, -0.15) is 0 Å². The molecule has 0 spiro atoms. The van der Waals surface area contributed by atoms with Crippen molar-refractivity contribution in [1.82, 2.24) is 9.88 Å². The molecule has 5 nitrogen and oxygen atoms in total. The molecule has 5 heteroatoms. The first-order chi connectivity index (χ1) is 18.9. The standard InChI is InChI=1S/C34H35N3O2/c1-23-9-13-28(21-31(23)26-7-5-4-6-8-26)35-27-14-11-25(12-15-27)19-20-37(3)22-32(38)29-16-10-24(2)34-30(29)17-18-33(39)36-34/h4-18,21,32,35,38H,19-20,22H2,1-3H3,(H,36,39)/t32-/m0/s1. The zero-order chi connectivity index (χ0) is 27.4. The molecular formula is C34H35N3O2. The molecule has 0 aliphatic heterocycles. The van der Waals surface area contributed by atoms with Gasteiger partial charge in [0.1, 0.15) is 0 Å². The largest absolute Gasteiger partial charge is 0.387 e. The number of hydrogen-bond donors (Lipinski definition) is 3. The molecule has 0 aliphatic rings. The summed E-state index contributed by atoms with van der Waals surface area (Å²) in [4.78, 5) is 16.8. The van der Waals surface area contributed by atoms with E-state index >= 15 is 0 Å². The van der Waals surface area contributed by atoms with Crippen molar-refractivity contribution in [2.75, 3.05) is 25.5 Å². The normalized spacial score (nSPS) is 12.1. The van der Waals surface area contributed by atoms with E-state index in [0.717, 1.165) is 46.4 Å². The average molecular weight is 518 g/mol. The first-order valence-corrected chi connectivity index (χ1v) is 13.4. The Labute approximate surface area is 229 Å². The summed E-state index contributed by atoms with van der Waals surface area (Å²) in [5, 5.41) is 15.4. The second-order valence-electron chi connectivity index (χ2n) is 10.3. The number of likely N-dealkylation sites (N-methyl/N-ethyl adjacent to an activating group) is 1. The number of rotatable bonds is 9. The van der Waals surface area contributed by atoms with Crippen molar-refractivity contribution in [2.45, 2.75) is 26.4 Å². The fourth-order valence-electron chi connectivity index (χ4n) is 5.06. The van der Waals surface area contributed by atoms with Gasteiger partial charge in [-0.25, -0.2) is 0 Å². The molecule has 0 saturated carbocycles. The van der Waals surface area contributed by atoms with Gasteiger partial charge in [0.25, 0.3) is 0 Å². The number of aliphatic hydroxyl groups excluding tert-OH is 1.